The first-order valence-electron chi connectivity index (χ1n) is 8.69. The van der Waals surface area contributed by atoms with Crippen molar-refractivity contribution in [3.8, 4) is 0 Å². The molecule has 2 saturated heterocycles. The van der Waals surface area contributed by atoms with Crippen molar-refractivity contribution in [2.24, 2.45) is 5.41 Å². The Bertz CT molecular complexity index is 350. The number of hydrogen-bond donors (Lipinski definition) is 1. The van der Waals surface area contributed by atoms with Crippen molar-refractivity contribution in [1.82, 2.24) is 10.2 Å². The summed E-state index contributed by atoms with van der Waals surface area (Å²) in [5.41, 5.74) is -0.0565. The molecule has 2 aliphatic heterocycles. The molecule has 1 N–H and O–H groups in total. The number of amides is 1. The van der Waals surface area contributed by atoms with Crippen LogP contribution in [0.15, 0.2) is 0 Å². The number of fused-ring (bicyclic) bond motifs is 2. The molecule has 3 fully saturated rings. The Morgan fingerprint density at radius 1 is 1.20 bits per heavy atom. The van der Waals surface area contributed by atoms with E-state index in [2.05, 4.69) is 24.1 Å². The fourth-order valence-electron chi connectivity index (χ4n) is 4.69. The Hall–Kier alpha value is -0.570. The molecule has 0 radical (unpaired) electrons. The molecular weight excluding hydrogens is 248 g/mol. The zero-order chi connectivity index (χ0) is 14.2. The fourth-order valence-corrected chi connectivity index (χ4v) is 4.69. The van der Waals surface area contributed by atoms with Gasteiger partial charge in [0.2, 0.25) is 5.91 Å². The van der Waals surface area contributed by atoms with Crippen LogP contribution in [-0.2, 0) is 4.79 Å². The van der Waals surface area contributed by atoms with Gasteiger partial charge in [-0.3, -0.25) is 4.79 Å². The Labute approximate surface area is 123 Å². The zero-order valence-electron chi connectivity index (χ0n) is 13.2. The molecule has 0 aromatic carbocycles. The largest absolute Gasteiger partial charge is 0.339 e. The van der Waals surface area contributed by atoms with Gasteiger partial charge < -0.3 is 10.2 Å². The predicted molar refractivity (Wildman–Crippen MR) is 81.5 cm³/mol. The van der Waals surface area contributed by atoms with Crippen LogP contribution in [0, 0.1) is 5.41 Å². The quantitative estimate of drug-likeness (QED) is 0.857. The summed E-state index contributed by atoms with van der Waals surface area (Å²) in [7, 11) is 0. The van der Waals surface area contributed by atoms with Crippen molar-refractivity contribution < 1.29 is 4.79 Å². The van der Waals surface area contributed by atoms with E-state index in [1.54, 1.807) is 0 Å². The van der Waals surface area contributed by atoms with Crippen molar-refractivity contribution in [2.75, 3.05) is 6.54 Å². The predicted octanol–water partition coefficient (Wildman–Crippen LogP) is 3.09. The number of carbonyl (C=O) groups is 1. The molecule has 2 unspecified atom stereocenters. The normalized spacial score (nSPS) is 35.2. The van der Waals surface area contributed by atoms with E-state index in [1.165, 1.54) is 38.5 Å². The van der Waals surface area contributed by atoms with Crippen LogP contribution in [0.1, 0.15) is 71.6 Å². The summed E-state index contributed by atoms with van der Waals surface area (Å²) >= 11 is 0. The van der Waals surface area contributed by atoms with Crippen LogP contribution >= 0.6 is 0 Å². The van der Waals surface area contributed by atoms with E-state index in [1.807, 2.05) is 0 Å². The first-order chi connectivity index (χ1) is 9.62. The second-order valence-electron chi connectivity index (χ2n) is 7.53. The Balaban J connectivity index is 1.73. The molecule has 3 heteroatoms. The van der Waals surface area contributed by atoms with Crippen molar-refractivity contribution in [1.29, 1.82) is 0 Å². The van der Waals surface area contributed by atoms with Gasteiger partial charge in [-0.25, -0.2) is 0 Å². The molecule has 0 aromatic heterocycles. The first-order valence-corrected chi connectivity index (χ1v) is 8.69. The number of carbonyl (C=O) groups excluding carboxylic acids is 1. The van der Waals surface area contributed by atoms with Crippen molar-refractivity contribution >= 4 is 5.91 Å². The molecule has 3 rings (SSSR count). The third kappa shape index (κ3) is 2.61. The second-order valence-corrected chi connectivity index (χ2v) is 7.53. The molecular formula is C17H30N2O. The summed E-state index contributed by atoms with van der Waals surface area (Å²) < 4.78 is 0. The van der Waals surface area contributed by atoms with Gasteiger partial charge >= 0.3 is 0 Å². The van der Waals surface area contributed by atoms with Gasteiger partial charge in [-0.2, -0.15) is 0 Å². The average Bonchev–Trinajstić information content (AvgIpc) is 3.02. The molecule has 114 valence electrons. The molecule has 20 heavy (non-hydrogen) atoms. The fraction of sp³-hybridized carbons (Fsp3) is 0.941. The van der Waals surface area contributed by atoms with E-state index in [0.29, 0.717) is 24.0 Å². The van der Waals surface area contributed by atoms with Gasteiger partial charge in [-0.05, 0) is 44.9 Å². The number of nitrogens with one attached hydrogen (secondary N) is 1. The third-order valence-corrected chi connectivity index (χ3v) is 5.84. The topological polar surface area (TPSA) is 32.3 Å². The van der Waals surface area contributed by atoms with Gasteiger partial charge in [-0.1, -0.05) is 26.7 Å². The van der Waals surface area contributed by atoms with Crippen molar-refractivity contribution in [3.63, 3.8) is 0 Å². The Kier molecular flexibility index (Phi) is 4.07. The van der Waals surface area contributed by atoms with Crippen LogP contribution in [-0.4, -0.2) is 35.5 Å². The second kappa shape index (κ2) is 5.67. The van der Waals surface area contributed by atoms with Gasteiger partial charge in [0.05, 0.1) is 0 Å². The molecule has 0 aromatic rings. The van der Waals surface area contributed by atoms with Crippen LogP contribution in [0.5, 0.6) is 0 Å². The summed E-state index contributed by atoms with van der Waals surface area (Å²) in [6.45, 7) is 5.37. The summed E-state index contributed by atoms with van der Waals surface area (Å²) in [6, 6.07) is 1.84. The molecule has 1 saturated carbocycles. The van der Waals surface area contributed by atoms with Gasteiger partial charge in [0.25, 0.3) is 0 Å². The summed E-state index contributed by atoms with van der Waals surface area (Å²) in [4.78, 5) is 15.4. The minimum absolute atomic E-state index is 0.0565. The van der Waals surface area contributed by atoms with Crippen LogP contribution in [0.25, 0.3) is 0 Å². The maximum absolute atomic E-state index is 13.1. The van der Waals surface area contributed by atoms with Gasteiger partial charge in [0.15, 0.2) is 0 Å². The monoisotopic (exact) mass is 278 g/mol. The van der Waals surface area contributed by atoms with E-state index >= 15 is 0 Å². The van der Waals surface area contributed by atoms with Gasteiger partial charge in [0.1, 0.15) is 0 Å². The molecule has 1 amide bonds. The summed E-state index contributed by atoms with van der Waals surface area (Å²) in [5, 5.41) is 3.70. The van der Waals surface area contributed by atoms with E-state index < -0.39 is 0 Å². The molecule has 3 nitrogen and oxygen atoms in total. The SMILES string of the molecule is CCCN(C(=O)C1(C)CCCC1)C1CC2CCC(C1)N2. The maximum Gasteiger partial charge on any atom is 0.228 e. The lowest BCUT2D eigenvalue weighted by Crippen LogP contribution is -2.53. The van der Waals surface area contributed by atoms with Gasteiger partial charge in [-0.15, -0.1) is 0 Å². The molecule has 2 atom stereocenters. The lowest BCUT2D eigenvalue weighted by Gasteiger charge is -2.41. The zero-order valence-corrected chi connectivity index (χ0v) is 13.2. The van der Waals surface area contributed by atoms with E-state index in [4.69, 9.17) is 0 Å². The lowest BCUT2D eigenvalue weighted by atomic mass is 9.85. The van der Waals surface area contributed by atoms with E-state index in [0.717, 1.165) is 25.8 Å². The van der Waals surface area contributed by atoms with Crippen LogP contribution in [0.3, 0.4) is 0 Å². The average molecular weight is 278 g/mol. The standard InChI is InChI=1S/C17H30N2O/c1-3-10-19(16(20)17(2)8-4-5-9-17)15-11-13-6-7-14(12-15)18-13/h13-15,18H,3-12H2,1-2H3. The molecule has 0 spiro atoms. The van der Waals surface area contributed by atoms with Gasteiger partial charge in [0, 0.05) is 30.1 Å². The molecule has 1 aliphatic carbocycles. The summed E-state index contributed by atoms with van der Waals surface area (Å²) in [6.07, 6.45) is 10.7. The van der Waals surface area contributed by atoms with Crippen LogP contribution < -0.4 is 5.32 Å². The number of rotatable bonds is 4. The molecule has 2 bridgehead atoms. The lowest BCUT2D eigenvalue weighted by molar-refractivity contribution is -0.144. The number of hydrogen-bond acceptors (Lipinski definition) is 2. The highest BCUT2D eigenvalue weighted by molar-refractivity contribution is 5.83. The molecule has 3 aliphatic rings. The Morgan fingerprint density at radius 2 is 1.80 bits per heavy atom. The van der Waals surface area contributed by atoms with Crippen LogP contribution in [0.2, 0.25) is 0 Å². The molecule has 2 heterocycles. The first kappa shape index (κ1) is 14.4. The van der Waals surface area contributed by atoms with Crippen LogP contribution in [0.4, 0.5) is 0 Å². The highest BCUT2D eigenvalue weighted by Gasteiger charge is 2.43. The minimum atomic E-state index is -0.0565. The highest BCUT2D eigenvalue weighted by atomic mass is 16.2. The number of piperidine rings is 1. The minimum Gasteiger partial charge on any atom is -0.339 e. The third-order valence-electron chi connectivity index (χ3n) is 5.84. The summed E-state index contributed by atoms with van der Waals surface area (Å²) in [5.74, 6) is 0.461. The smallest absolute Gasteiger partial charge is 0.228 e. The van der Waals surface area contributed by atoms with E-state index in [-0.39, 0.29) is 5.41 Å². The van der Waals surface area contributed by atoms with Crippen molar-refractivity contribution in [2.45, 2.75) is 89.8 Å². The maximum atomic E-state index is 13.1. The Morgan fingerprint density at radius 3 is 2.35 bits per heavy atom. The van der Waals surface area contributed by atoms with Crippen molar-refractivity contribution in [3.05, 3.63) is 0 Å². The number of nitrogens with zero attached hydrogens (tertiary/aromatic N) is 1. The highest BCUT2D eigenvalue weighted by Crippen LogP contribution is 2.41. The van der Waals surface area contributed by atoms with E-state index in [9.17, 15) is 4.79 Å².